The van der Waals surface area contributed by atoms with E-state index in [1.807, 2.05) is 0 Å². The normalized spacial score (nSPS) is 18.3. The van der Waals surface area contributed by atoms with Crippen molar-refractivity contribution in [2.24, 2.45) is 0 Å². The summed E-state index contributed by atoms with van der Waals surface area (Å²) in [6.07, 6.45) is 0. The van der Waals surface area contributed by atoms with Gasteiger partial charge in [-0.3, -0.25) is 14.9 Å². The Morgan fingerprint density at radius 1 is 1.10 bits per heavy atom. The van der Waals surface area contributed by atoms with Gasteiger partial charge in [0.25, 0.3) is 5.69 Å². The minimum atomic E-state index is -1.72. The minimum absolute atomic E-state index is 0.0294. The standard InChI is InChI=1S/C21H12N4O6/c1-9-15-18(31-24-9)23-17-11-4-2-3-5-14(11)30-19(26)16(17)21(15)12-8-10(25(28)29)6-7-13(12)22-20(21)27/h2-8,23H,1H3,(H,22,27). The van der Waals surface area contributed by atoms with E-state index in [0.29, 0.717) is 33.6 Å². The number of nitro groups is 1. The van der Waals surface area contributed by atoms with Crippen molar-refractivity contribution in [3.8, 4) is 0 Å². The molecule has 31 heavy (non-hydrogen) atoms. The lowest BCUT2D eigenvalue weighted by Gasteiger charge is -2.33. The fourth-order valence-electron chi connectivity index (χ4n) is 4.66. The summed E-state index contributed by atoms with van der Waals surface area (Å²) in [7, 11) is 0. The van der Waals surface area contributed by atoms with Crippen LogP contribution in [0.3, 0.4) is 0 Å². The summed E-state index contributed by atoms with van der Waals surface area (Å²) in [5.74, 6) is -0.351. The van der Waals surface area contributed by atoms with Crippen LogP contribution in [0.15, 0.2) is 56.2 Å². The minimum Gasteiger partial charge on any atom is -0.422 e. The second-order valence-corrected chi connectivity index (χ2v) is 7.42. The number of aromatic nitrogens is 1. The van der Waals surface area contributed by atoms with E-state index in [1.54, 1.807) is 31.2 Å². The Morgan fingerprint density at radius 2 is 1.90 bits per heavy atom. The van der Waals surface area contributed by atoms with Crippen molar-refractivity contribution in [2.75, 3.05) is 10.6 Å². The zero-order valence-corrected chi connectivity index (χ0v) is 15.9. The van der Waals surface area contributed by atoms with Crippen LogP contribution in [-0.4, -0.2) is 16.0 Å². The van der Waals surface area contributed by atoms with E-state index in [4.69, 9.17) is 8.94 Å². The highest BCUT2D eigenvalue weighted by atomic mass is 16.6. The number of non-ortho nitro benzene ring substituents is 1. The fraction of sp³-hybridized carbons (Fsp3) is 0.0952. The first kappa shape index (κ1) is 17.4. The van der Waals surface area contributed by atoms with E-state index in [-0.39, 0.29) is 22.7 Å². The van der Waals surface area contributed by atoms with Gasteiger partial charge in [0.05, 0.1) is 27.4 Å². The molecular formula is C21H12N4O6. The molecule has 2 aromatic heterocycles. The predicted octanol–water partition coefficient (Wildman–Crippen LogP) is 3.34. The van der Waals surface area contributed by atoms with Crippen molar-refractivity contribution < 1.29 is 18.7 Å². The van der Waals surface area contributed by atoms with Crippen molar-refractivity contribution in [1.29, 1.82) is 0 Å². The van der Waals surface area contributed by atoms with Crippen molar-refractivity contribution in [1.82, 2.24) is 5.16 Å². The van der Waals surface area contributed by atoms with E-state index >= 15 is 0 Å². The molecule has 0 fully saturated rings. The second-order valence-electron chi connectivity index (χ2n) is 7.42. The average molecular weight is 416 g/mol. The van der Waals surface area contributed by atoms with Crippen LogP contribution in [0.4, 0.5) is 22.9 Å². The first-order valence-electron chi connectivity index (χ1n) is 9.33. The molecule has 10 nitrogen and oxygen atoms in total. The van der Waals surface area contributed by atoms with Gasteiger partial charge >= 0.3 is 5.63 Å². The molecule has 4 aromatic rings. The van der Waals surface area contributed by atoms with E-state index in [2.05, 4.69) is 15.8 Å². The number of para-hydroxylation sites is 1. The van der Waals surface area contributed by atoms with Crippen molar-refractivity contribution >= 4 is 39.8 Å². The van der Waals surface area contributed by atoms with Gasteiger partial charge in [0.15, 0.2) is 0 Å². The van der Waals surface area contributed by atoms with Crippen LogP contribution in [0.2, 0.25) is 0 Å². The SMILES string of the molecule is Cc1noc2c1C1(C(=O)Nc3ccc([N+](=O)[O-])cc31)c1c(c3ccccc3oc1=O)N2. The van der Waals surface area contributed by atoms with Gasteiger partial charge in [0, 0.05) is 28.8 Å². The quantitative estimate of drug-likeness (QED) is 0.273. The molecule has 0 radical (unpaired) electrons. The predicted molar refractivity (Wildman–Crippen MR) is 109 cm³/mol. The number of nitrogens with one attached hydrogen (secondary N) is 2. The Balaban J connectivity index is 1.84. The first-order chi connectivity index (χ1) is 14.9. The summed E-state index contributed by atoms with van der Waals surface area (Å²) in [5.41, 5.74) is -0.649. The van der Waals surface area contributed by atoms with Crippen molar-refractivity contribution in [3.05, 3.63) is 85.4 Å². The van der Waals surface area contributed by atoms with E-state index in [0.717, 1.165) is 0 Å². The molecule has 6 rings (SSSR count). The lowest BCUT2D eigenvalue weighted by molar-refractivity contribution is -0.384. The lowest BCUT2D eigenvalue weighted by atomic mass is 9.68. The van der Waals surface area contributed by atoms with Gasteiger partial charge in [-0.25, -0.2) is 4.79 Å². The lowest BCUT2D eigenvalue weighted by Crippen LogP contribution is -2.44. The van der Waals surface area contributed by atoms with E-state index in [9.17, 15) is 19.7 Å². The van der Waals surface area contributed by atoms with Crippen molar-refractivity contribution in [2.45, 2.75) is 12.3 Å². The molecule has 1 spiro atoms. The molecule has 0 aliphatic carbocycles. The van der Waals surface area contributed by atoms with E-state index in [1.165, 1.54) is 18.2 Å². The van der Waals surface area contributed by atoms with E-state index < -0.39 is 21.9 Å². The van der Waals surface area contributed by atoms with Gasteiger partial charge in [-0.1, -0.05) is 17.3 Å². The summed E-state index contributed by atoms with van der Waals surface area (Å²) in [5, 5.41) is 21.9. The summed E-state index contributed by atoms with van der Waals surface area (Å²) in [6.45, 7) is 1.64. The van der Waals surface area contributed by atoms with Gasteiger partial charge in [0.2, 0.25) is 11.8 Å². The molecule has 0 saturated carbocycles. The maximum atomic E-state index is 13.6. The largest absolute Gasteiger partial charge is 0.422 e. The number of carbonyl (C=O) groups excluding carboxylic acids is 1. The van der Waals surface area contributed by atoms with Crippen molar-refractivity contribution in [3.63, 3.8) is 0 Å². The van der Waals surface area contributed by atoms with Gasteiger partial charge in [0.1, 0.15) is 11.0 Å². The molecule has 2 aliphatic rings. The van der Waals surface area contributed by atoms with Crippen LogP contribution in [0.1, 0.15) is 22.4 Å². The van der Waals surface area contributed by atoms with Gasteiger partial charge in [-0.05, 0) is 25.1 Å². The molecule has 0 bridgehead atoms. The van der Waals surface area contributed by atoms with Crippen LogP contribution in [-0.2, 0) is 10.2 Å². The Bertz CT molecular complexity index is 1530. The van der Waals surface area contributed by atoms with Crippen LogP contribution in [0, 0.1) is 17.0 Å². The Hall–Kier alpha value is -4.47. The maximum absolute atomic E-state index is 13.6. The maximum Gasteiger partial charge on any atom is 0.343 e. The molecule has 4 heterocycles. The van der Waals surface area contributed by atoms with Gasteiger partial charge < -0.3 is 19.6 Å². The number of nitrogens with zero attached hydrogens (tertiary/aromatic N) is 2. The number of nitro benzene ring substituents is 1. The number of amides is 1. The first-order valence-corrected chi connectivity index (χ1v) is 9.33. The number of carbonyl (C=O) groups is 1. The number of anilines is 3. The zero-order chi connectivity index (χ0) is 21.5. The molecule has 1 atom stereocenters. The number of hydrogen-bond donors (Lipinski definition) is 2. The molecule has 1 unspecified atom stereocenters. The zero-order valence-electron chi connectivity index (χ0n) is 15.9. The number of benzene rings is 2. The Labute approximate surface area is 172 Å². The van der Waals surface area contributed by atoms with Crippen LogP contribution < -0.4 is 16.3 Å². The highest BCUT2D eigenvalue weighted by molar-refractivity contribution is 6.15. The van der Waals surface area contributed by atoms with Crippen LogP contribution >= 0.6 is 0 Å². The highest BCUT2D eigenvalue weighted by Gasteiger charge is 2.59. The molecule has 2 aromatic carbocycles. The average Bonchev–Trinajstić information content (AvgIpc) is 3.26. The Kier molecular flexibility index (Phi) is 3.12. The second kappa shape index (κ2) is 5.57. The molecular weight excluding hydrogens is 404 g/mol. The third-order valence-electron chi connectivity index (χ3n) is 5.87. The Morgan fingerprint density at radius 3 is 2.71 bits per heavy atom. The molecule has 152 valence electrons. The van der Waals surface area contributed by atoms with Crippen LogP contribution in [0.5, 0.6) is 0 Å². The number of hydrogen-bond acceptors (Lipinski definition) is 8. The monoisotopic (exact) mass is 416 g/mol. The summed E-state index contributed by atoms with van der Waals surface area (Å²) >= 11 is 0. The summed E-state index contributed by atoms with van der Waals surface area (Å²) in [6, 6.07) is 10.9. The number of rotatable bonds is 1. The van der Waals surface area contributed by atoms with Gasteiger partial charge in [-0.2, -0.15) is 0 Å². The fourth-order valence-corrected chi connectivity index (χ4v) is 4.66. The van der Waals surface area contributed by atoms with Crippen LogP contribution in [0.25, 0.3) is 11.0 Å². The third-order valence-corrected chi connectivity index (χ3v) is 5.87. The molecule has 0 saturated heterocycles. The summed E-state index contributed by atoms with van der Waals surface area (Å²) in [4.78, 5) is 37.8. The highest BCUT2D eigenvalue weighted by Crippen LogP contribution is 2.56. The number of aryl methyl sites for hydroxylation is 1. The summed E-state index contributed by atoms with van der Waals surface area (Å²) < 4.78 is 11.0. The molecule has 2 N–H and O–H groups in total. The smallest absolute Gasteiger partial charge is 0.343 e. The number of fused-ring (bicyclic) bond motifs is 8. The third kappa shape index (κ3) is 1.98. The molecule has 2 aliphatic heterocycles. The molecule has 10 heteroatoms. The topological polar surface area (TPSA) is 141 Å². The van der Waals surface area contributed by atoms with Gasteiger partial charge in [-0.15, -0.1) is 0 Å². The molecule has 1 amide bonds.